The molecular weight excluding hydrogens is 450 g/mol. The van der Waals surface area contributed by atoms with Gasteiger partial charge in [0.25, 0.3) is 0 Å². The van der Waals surface area contributed by atoms with E-state index in [2.05, 4.69) is 21.9 Å². The van der Waals surface area contributed by atoms with Gasteiger partial charge < -0.3 is 14.0 Å². The first-order chi connectivity index (χ1) is 17.1. The van der Waals surface area contributed by atoms with Crippen LogP contribution in [0.5, 0.6) is 11.5 Å². The lowest BCUT2D eigenvalue weighted by molar-refractivity contribution is 0.119. The molecule has 2 aliphatic heterocycles. The quantitative estimate of drug-likeness (QED) is 0.413. The van der Waals surface area contributed by atoms with Gasteiger partial charge in [-0.2, -0.15) is 0 Å². The van der Waals surface area contributed by atoms with Crippen molar-refractivity contribution in [3.63, 3.8) is 0 Å². The largest absolute Gasteiger partial charge is 0.454 e. The Morgan fingerprint density at radius 3 is 2.40 bits per heavy atom. The van der Waals surface area contributed by atoms with E-state index in [0.29, 0.717) is 12.1 Å². The van der Waals surface area contributed by atoms with Crippen molar-refractivity contribution < 1.29 is 18.3 Å². The molecule has 0 bridgehead atoms. The minimum absolute atomic E-state index is 0.240. The van der Waals surface area contributed by atoms with Crippen LogP contribution in [0.25, 0.3) is 11.0 Å². The summed E-state index contributed by atoms with van der Waals surface area (Å²) in [4.78, 5) is 9.64. The van der Waals surface area contributed by atoms with Gasteiger partial charge in [-0.15, -0.1) is 0 Å². The van der Waals surface area contributed by atoms with Gasteiger partial charge in [0.15, 0.2) is 11.5 Å². The first kappa shape index (κ1) is 22.0. The maximum absolute atomic E-state index is 14.4. The van der Waals surface area contributed by atoms with Crippen LogP contribution in [-0.4, -0.2) is 52.3 Å². The third kappa shape index (κ3) is 4.59. The van der Waals surface area contributed by atoms with E-state index in [9.17, 15) is 8.78 Å². The Hall–Kier alpha value is -3.49. The van der Waals surface area contributed by atoms with Gasteiger partial charge in [-0.05, 0) is 48.0 Å². The number of benzene rings is 3. The molecule has 0 spiro atoms. The summed E-state index contributed by atoms with van der Waals surface area (Å²) in [5.74, 6) is 1.63. The number of hydrogen-bond acceptors (Lipinski definition) is 5. The summed E-state index contributed by atoms with van der Waals surface area (Å²) in [5.41, 5.74) is 3.32. The fourth-order valence-corrected chi connectivity index (χ4v) is 4.86. The van der Waals surface area contributed by atoms with Crippen LogP contribution in [0.1, 0.15) is 17.0 Å². The van der Waals surface area contributed by atoms with Crippen LogP contribution in [-0.2, 0) is 19.6 Å². The molecule has 1 fully saturated rings. The normalized spacial score (nSPS) is 16.3. The monoisotopic (exact) mass is 476 g/mol. The third-order valence-electron chi connectivity index (χ3n) is 6.74. The van der Waals surface area contributed by atoms with Crippen molar-refractivity contribution in [2.24, 2.45) is 0 Å². The van der Waals surface area contributed by atoms with Crippen molar-refractivity contribution >= 4 is 11.0 Å². The predicted molar refractivity (Wildman–Crippen MR) is 128 cm³/mol. The number of halogens is 2. The molecule has 0 unspecified atom stereocenters. The van der Waals surface area contributed by atoms with E-state index in [0.717, 1.165) is 67.1 Å². The molecule has 1 aromatic heterocycles. The number of aromatic nitrogens is 2. The molecule has 2 aliphatic rings. The second-order valence-corrected chi connectivity index (χ2v) is 9.08. The molecule has 0 N–H and O–H groups in total. The summed E-state index contributed by atoms with van der Waals surface area (Å²) in [5, 5.41) is 0. The van der Waals surface area contributed by atoms with Gasteiger partial charge in [0.05, 0.1) is 24.1 Å². The maximum Gasteiger partial charge on any atom is 0.231 e. The molecule has 0 radical (unpaired) electrons. The molecule has 35 heavy (non-hydrogen) atoms. The highest BCUT2D eigenvalue weighted by Gasteiger charge is 2.22. The summed E-state index contributed by atoms with van der Waals surface area (Å²) in [6.07, 6.45) is 0. The Morgan fingerprint density at radius 1 is 0.771 bits per heavy atom. The van der Waals surface area contributed by atoms with Crippen LogP contribution >= 0.6 is 0 Å². The van der Waals surface area contributed by atoms with Crippen LogP contribution < -0.4 is 9.47 Å². The Bertz CT molecular complexity index is 1360. The minimum Gasteiger partial charge on any atom is -0.454 e. The molecule has 6 nitrogen and oxygen atoms in total. The van der Waals surface area contributed by atoms with Crippen LogP contribution in [0.3, 0.4) is 0 Å². The lowest BCUT2D eigenvalue weighted by Crippen LogP contribution is -2.45. The highest BCUT2D eigenvalue weighted by molar-refractivity contribution is 5.76. The van der Waals surface area contributed by atoms with Gasteiger partial charge >= 0.3 is 0 Å². The molecule has 4 aromatic rings. The van der Waals surface area contributed by atoms with Crippen molar-refractivity contribution in [2.75, 3.05) is 33.0 Å². The molecule has 3 aromatic carbocycles. The number of ether oxygens (including phenoxy) is 2. The molecule has 1 saturated heterocycles. The average Bonchev–Trinajstić information content (AvgIpc) is 3.47. The Balaban J connectivity index is 1.15. The van der Waals surface area contributed by atoms with Gasteiger partial charge in [-0.3, -0.25) is 9.80 Å². The van der Waals surface area contributed by atoms with Gasteiger partial charge in [-0.25, -0.2) is 13.8 Å². The number of nitrogens with zero attached hydrogens (tertiary/aromatic N) is 4. The molecule has 3 heterocycles. The maximum atomic E-state index is 14.4. The van der Waals surface area contributed by atoms with Gasteiger partial charge in [0.1, 0.15) is 17.5 Å². The zero-order valence-electron chi connectivity index (χ0n) is 19.3. The molecule has 8 heteroatoms. The molecular formula is C27H26F2N4O2. The van der Waals surface area contributed by atoms with E-state index >= 15 is 0 Å². The number of para-hydroxylation sites is 2. The van der Waals surface area contributed by atoms with Crippen LogP contribution in [0.4, 0.5) is 8.78 Å². The van der Waals surface area contributed by atoms with Gasteiger partial charge in [0.2, 0.25) is 6.79 Å². The number of fused-ring (bicyclic) bond motifs is 2. The Labute approximate surface area is 202 Å². The van der Waals surface area contributed by atoms with Gasteiger partial charge in [-0.1, -0.05) is 18.2 Å². The molecule has 0 aliphatic carbocycles. The second kappa shape index (κ2) is 9.28. The third-order valence-corrected chi connectivity index (χ3v) is 6.74. The van der Waals surface area contributed by atoms with E-state index in [-0.39, 0.29) is 13.3 Å². The van der Waals surface area contributed by atoms with E-state index in [4.69, 9.17) is 14.5 Å². The number of rotatable bonds is 6. The van der Waals surface area contributed by atoms with E-state index in [1.165, 1.54) is 17.7 Å². The number of piperazine rings is 1. The first-order valence-corrected chi connectivity index (χ1v) is 11.8. The van der Waals surface area contributed by atoms with Crippen molar-refractivity contribution in [1.82, 2.24) is 19.4 Å². The van der Waals surface area contributed by atoms with Crippen molar-refractivity contribution in [2.45, 2.75) is 19.6 Å². The molecule has 0 amide bonds. The average molecular weight is 477 g/mol. The Morgan fingerprint density at radius 2 is 1.54 bits per heavy atom. The van der Waals surface area contributed by atoms with Crippen molar-refractivity contribution in [3.8, 4) is 11.5 Å². The summed E-state index contributed by atoms with van der Waals surface area (Å²) in [6, 6.07) is 17.5. The fourth-order valence-electron chi connectivity index (χ4n) is 4.86. The predicted octanol–water partition coefficient (Wildman–Crippen LogP) is 4.41. The first-order valence-electron chi connectivity index (χ1n) is 11.8. The van der Waals surface area contributed by atoms with Crippen LogP contribution in [0, 0.1) is 11.6 Å². The lowest BCUT2D eigenvalue weighted by atomic mass is 10.1. The smallest absolute Gasteiger partial charge is 0.231 e. The highest BCUT2D eigenvalue weighted by Crippen LogP contribution is 2.33. The van der Waals surface area contributed by atoms with Gasteiger partial charge in [0, 0.05) is 38.3 Å². The van der Waals surface area contributed by atoms with E-state index in [1.54, 1.807) is 0 Å². The van der Waals surface area contributed by atoms with E-state index < -0.39 is 11.6 Å². The standard InChI is InChI=1S/C27H26F2N4O2/c28-21-6-7-22(29)20(14-21)16-33-24-4-2-1-3-23(24)30-27(33)17-32-11-9-31(10-12-32)15-19-5-8-25-26(13-19)35-18-34-25/h1-8,13-14H,9-12,15-18H2. The summed E-state index contributed by atoms with van der Waals surface area (Å²) in [7, 11) is 0. The molecule has 0 atom stereocenters. The van der Waals surface area contributed by atoms with Crippen LogP contribution in [0.2, 0.25) is 0 Å². The fraction of sp³-hybridized carbons (Fsp3) is 0.296. The summed E-state index contributed by atoms with van der Waals surface area (Å²) < 4.78 is 41.1. The zero-order valence-corrected chi connectivity index (χ0v) is 19.3. The second-order valence-electron chi connectivity index (χ2n) is 9.08. The summed E-state index contributed by atoms with van der Waals surface area (Å²) >= 11 is 0. The zero-order chi connectivity index (χ0) is 23.8. The minimum atomic E-state index is -0.439. The number of hydrogen-bond donors (Lipinski definition) is 0. The van der Waals surface area contributed by atoms with Crippen LogP contribution in [0.15, 0.2) is 60.7 Å². The van der Waals surface area contributed by atoms with E-state index in [1.807, 2.05) is 34.9 Å². The number of imidazole rings is 1. The summed E-state index contributed by atoms with van der Waals surface area (Å²) in [6.45, 7) is 5.73. The highest BCUT2D eigenvalue weighted by atomic mass is 19.1. The molecule has 180 valence electrons. The Kier molecular flexibility index (Phi) is 5.83. The topological polar surface area (TPSA) is 42.8 Å². The van der Waals surface area contributed by atoms with Crippen molar-refractivity contribution in [1.29, 1.82) is 0 Å². The SMILES string of the molecule is Fc1ccc(F)c(Cn2c(CN3CCN(Cc4ccc5c(c4)OCO5)CC3)nc3ccccc32)c1. The van der Waals surface area contributed by atoms with Crippen molar-refractivity contribution in [3.05, 3.63) is 89.2 Å². The molecule has 0 saturated carbocycles. The lowest BCUT2D eigenvalue weighted by Gasteiger charge is -2.34. The molecule has 6 rings (SSSR count).